The van der Waals surface area contributed by atoms with Gasteiger partial charge in [-0.25, -0.2) is 9.59 Å². The quantitative estimate of drug-likeness (QED) is 0.521. The van der Waals surface area contributed by atoms with Gasteiger partial charge < -0.3 is 10.1 Å². The van der Waals surface area contributed by atoms with Crippen LogP contribution in [0, 0.1) is 5.92 Å². The van der Waals surface area contributed by atoms with Crippen molar-refractivity contribution < 1.29 is 23.9 Å². The van der Waals surface area contributed by atoms with E-state index in [4.69, 9.17) is 4.74 Å². The molecule has 0 aliphatic carbocycles. The van der Waals surface area contributed by atoms with Gasteiger partial charge in [-0.3, -0.25) is 20.2 Å². The number of ether oxygens (including phenoxy) is 1. The van der Waals surface area contributed by atoms with E-state index >= 15 is 0 Å². The van der Waals surface area contributed by atoms with Gasteiger partial charge >= 0.3 is 12.0 Å². The molecule has 0 spiro atoms. The van der Waals surface area contributed by atoms with Gasteiger partial charge in [0.25, 0.3) is 0 Å². The van der Waals surface area contributed by atoms with E-state index in [0.29, 0.717) is 16.8 Å². The fraction of sp³-hybridized carbons (Fsp3) is 0.200. The molecular weight excluding hydrogens is 362 g/mol. The number of imide groups is 2. The molecule has 1 aliphatic rings. The fourth-order valence-corrected chi connectivity index (χ4v) is 2.95. The molecule has 3 N–H and O–H groups in total. The summed E-state index contributed by atoms with van der Waals surface area (Å²) >= 11 is 0. The SMILES string of the molecule is CCOC(=O)c1ccc(NC(c2ccccc2)C2C(=O)NC(=O)NC2=O)cc1. The summed E-state index contributed by atoms with van der Waals surface area (Å²) in [7, 11) is 0. The highest BCUT2D eigenvalue weighted by molar-refractivity contribution is 6.16. The van der Waals surface area contributed by atoms with Gasteiger partial charge in [0.1, 0.15) is 5.92 Å². The highest BCUT2D eigenvalue weighted by Gasteiger charge is 2.41. The molecule has 144 valence electrons. The van der Waals surface area contributed by atoms with Crippen LogP contribution in [-0.4, -0.2) is 30.4 Å². The average Bonchev–Trinajstić information content (AvgIpc) is 2.68. The first-order valence-electron chi connectivity index (χ1n) is 8.74. The van der Waals surface area contributed by atoms with E-state index < -0.39 is 35.8 Å². The molecule has 8 nitrogen and oxygen atoms in total. The summed E-state index contributed by atoms with van der Waals surface area (Å²) in [4.78, 5) is 47.8. The van der Waals surface area contributed by atoms with E-state index in [2.05, 4.69) is 16.0 Å². The predicted octanol–water partition coefficient (Wildman–Crippen LogP) is 2.00. The first-order valence-corrected chi connectivity index (χ1v) is 8.74. The van der Waals surface area contributed by atoms with Crippen LogP contribution < -0.4 is 16.0 Å². The Morgan fingerprint density at radius 3 is 2.18 bits per heavy atom. The van der Waals surface area contributed by atoms with Gasteiger partial charge in [-0.1, -0.05) is 30.3 Å². The Balaban J connectivity index is 1.88. The van der Waals surface area contributed by atoms with Crippen molar-refractivity contribution in [3.63, 3.8) is 0 Å². The smallest absolute Gasteiger partial charge is 0.338 e. The minimum Gasteiger partial charge on any atom is -0.462 e. The number of carbonyl (C=O) groups is 4. The summed E-state index contributed by atoms with van der Waals surface area (Å²) in [6.07, 6.45) is 0. The number of carbonyl (C=O) groups excluding carboxylic acids is 4. The van der Waals surface area contributed by atoms with Gasteiger partial charge in [-0.15, -0.1) is 0 Å². The molecule has 3 rings (SSSR count). The maximum Gasteiger partial charge on any atom is 0.338 e. The molecule has 1 aliphatic heterocycles. The van der Waals surface area contributed by atoms with Crippen LogP contribution in [0.3, 0.4) is 0 Å². The van der Waals surface area contributed by atoms with Crippen molar-refractivity contribution >= 4 is 29.5 Å². The van der Waals surface area contributed by atoms with Gasteiger partial charge in [0, 0.05) is 5.69 Å². The third kappa shape index (κ3) is 4.17. The minimum absolute atomic E-state index is 0.277. The molecule has 1 saturated heterocycles. The van der Waals surface area contributed by atoms with Crippen molar-refractivity contribution in [1.82, 2.24) is 10.6 Å². The number of nitrogens with one attached hydrogen (secondary N) is 3. The van der Waals surface area contributed by atoms with Crippen molar-refractivity contribution in [3.8, 4) is 0 Å². The van der Waals surface area contributed by atoms with Crippen LogP contribution >= 0.6 is 0 Å². The summed E-state index contributed by atoms with van der Waals surface area (Å²) in [5, 5.41) is 7.40. The molecule has 0 saturated carbocycles. The molecule has 4 amide bonds. The van der Waals surface area contributed by atoms with Crippen LogP contribution in [0.4, 0.5) is 10.5 Å². The number of amides is 4. The Morgan fingerprint density at radius 2 is 1.61 bits per heavy atom. The second kappa shape index (κ2) is 8.34. The maximum atomic E-state index is 12.3. The number of esters is 1. The highest BCUT2D eigenvalue weighted by atomic mass is 16.5. The van der Waals surface area contributed by atoms with Crippen molar-refractivity contribution in [1.29, 1.82) is 0 Å². The van der Waals surface area contributed by atoms with Gasteiger partial charge in [-0.2, -0.15) is 0 Å². The monoisotopic (exact) mass is 381 g/mol. The molecule has 1 fully saturated rings. The molecule has 0 bridgehead atoms. The van der Waals surface area contributed by atoms with Crippen LogP contribution in [0.15, 0.2) is 54.6 Å². The zero-order chi connectivity index (χ0) is 20.1. The molecule has 0 radical (unpaired) electrons. The van der Waals surface area contributed by atoms with Crippen LogP contribution in [0.25, 0.3) is 0 Å². The van der Waals surface area contributed by atoms with Crippen LogP contribution in [0.5, 0.6) is 0 Å². The van der Waals surface area contributed by atoms with E-state index in [-0.39, 0.29) is 6.61 Å². The number of hydrogen-bond donors (Lipinski definition) is 3. The van der Waals surface area contributed by atoms with Gasteiger partial charge in [0.05, 0.1) is 18.2 Å². The molecule has 2 aromatic carbocycles. The minimum atomic E-state index is -1.15. The number of hydrogen-bond acceptors (Lipinski definition) is 6. The Kier molecular flexibility index (Phi) is 5.69. The van der Waals surface area contributed by atoms with Gasteiger partial charge in [-0.05, 0) is 36.8 Å². The second-order valence-corrected chi connectivity index (χ2v) is 6.12. The van der Waals surface area contributed by atoms with E-state index in [1.165, 1.54) is 0 Å². The Morgan fingerprint density at radius 1 is 1.00 bits per heavy atom. The zero-order valence-corrected chi connectivity index (χ0v) is 15.1. The summed E-state index contributed by atoms with van der Waals surface area (Å²) in [6.45, 7) is 2.00. The van der Waals surface area contributed by atoms with E-state index in [9.17, 15) is 19.2 Å². The lowest BCUT2D eigenvalue weighted by atomic mass is 9.90. The second-order valence-electron chi connectivity index (χ2n) is 6.12. The summed E-state index contributed by atoms with van der Waals surface area (Å²) in [5.74, 6) is -2.94. The average molecular weight is 381 g/mol. The lowest BCUT2D eigenvalue weighted by Crippen LogP contribution is -2.58. The first-order chi connectivity index (χ1) is 13.5. The first kappa shape index (κ1) is 19.1. The van der Waals surface area contributed by atoms with Gasteiger partial charge in [0.2, 0.25) is 11.8 Å². The van der Waals surface area contributed by atoms with Crippen LogP contribution in [0.2, 0.25) is 0 Å². The lowest BCUT2D eigenvalue weighted by Gasteiger charge is -2.30. The van der Waals surface area contributed by atoms with Crippen molar-refractivity contribution in [2.45, 2.75) is 13.0 Å². The molecular formula is C20H19N3O5. The number of rotatable bonds is 6. The molecule has 0 aromatic heterocycles. The summed E-state index contributed by atoms with van der Waals surface area (Å²) in [6, 6.07) is 13.9. The Labute approximate surface area is 161 Å². The van der Waals surface area contributed by atoms with E-state index in [1.54, 1.807) is 55.5 Å². The molecule has 1 unspecified atom stereocenters. The van der Waals surface area contributed by atoms with Gasteiger partial charge in [0.15, 0.2) is 0 Å². The highest BCUT2D eigenvalue weighted by Crippen LogP contribution is 2.28. The largest absolute Gasteiger partial charge is 0.462 e. The van der Waals surface area contributed by atoms with Crippen LogP contribution in [-0.2, 0) is 14.3 Å². The third-order valence-electron chi connectivity index (χ3n) is 4.25. The number of urea groups is 1. The predicted molar refractivity (Wildman–Crippen MR) is 100 cm³/mol. The normalized spacial score (nSPS) is 15.4. The third-order valence-corrected chi connectivity index (χ3v) is 4.25. The fourth-order valence-electron chi connectivity index (χ4n) is 2.95. The molecule has 2 aromatic rings. The van der Waals surface area contributed by atoms with Crippen molar-refractivity contribution in [2.75, 3.05) is 11.9 Å². The topological polar surface area (TPSA) is 114 Å². The standard InChI is InChI=1S/C20H19N3O5/c1-2-28-19(26)13-8-10-14(11-9-13)21-16(12-6-4-3-5-7-12)15-17(24)22-20(27)23-18(15)25/h3-11,15-16,21H,2H2,1H3,(H2,22,23,24,25,27). The van der Waals surface area contributed by atoms with E-state index in [1.807, 2.05) is 6.07 Å². The Bertz CT molecular complexity index is 876. The summed E-state index contributed by atoms with van der Waals surface area (Å²) in [5.41, 5.74) is 1.68. The molecule has 1 heterocycles. The number of benzene rings is 2. The lowest BCUT2D eigenvalue weighted by molar-refractivity contribution is -0.136. The van der Waals surface area contributed by atoms with Crippen molar-refractivity contribution in [2.24, 2.45) is 5.92 Å². The maximum absolute atomic E-state index is 12.3. The molecule has 8 heteroatoms. The van der Waals surface area contributed by atoms with Crippen LogP contribution in [0.1, 0.15) is 28.9 Å². The zero-order valence-electron chi connectivity index (χ0n) is 15.1. The summed E-state index contributed by atoms with van der Waals surface area (Å²) < 4.78 is 4.95. The molecule has 28 heavy (non-hydrogen) atoms. The number of barbiturate groups is 1. The molecule has 1 atom stereocenters. The number of anilines is 1. The van der Waals surface area contributed by atoms with Crippen molar-refractivity contribution in [3.05, 3.63) is 65.7 Å². The Hall–Kier alpha value is -3.68. The van der Waals surface area contributed by atoms with E-state index in [0.717, 1.165) is 0 Å².